The first-order valence-corrected chi connectivity index (χ1v) is 10.6. The lowest BCUT2D eigenvalue weighted by atomic mass is 9.85. The monoisotopic (exact) mass is 491 g/mol. The second-order valence-corrected chi connectivity index (χ2v) is 9.53. The summed E-state index contributed by atoms with van der Waals surface area (Å²) < 4.78 is 84.7. The minimum Gasteiger partial charge on any atom is -0.615 e. The predicted octanol–water partition coefficient (Wildman–Crippen LogP) is 3.03. The third kappa shape index (κ3) is 4.34. The van der Waals surface area contributed by atoms with Crippen molar-refractivity contribution in [2.45, 2.75) is 35.4 Å². The van der Waals surface area contributed by atoms with Gasteiger partial charge < -0.3 is 20.3 Å². The number of hydrogen-bond donors (Lipinski definition) is 2. The van der Waals surface area contributed by atoms with E-state index < -0.39 is 68.9 Å². The number of amides is 2. The van der Waals surface area contributed by atoms with E-state index in [4.69, 9.17) is 10.5 Å². The number of halogens is 5. The molecule has 4 atom stereocenters. The SMILES string of the molecule is COc1c([C@@H]2C[C@](C)(C(F)(F)F)[S@+]([O-])[C@H]2C(=O)Nc2ccnc(C(N)=O)c2)ccc(F)c1F. The number of carbonyl (C=O) groups is 2. The summed E-state index contributed by atoms with van der Waals surface area (Å²) in [6.45, 7) is 0.702. The molecular formula is C20H18F5N3O4S. The number of carbonyl (C=O) groups excluding carboxylic acids is 2. The molecule has 3 rings (SSSR count). The molecule has 1 aliphatic rings. The molecule has 1 saturated heterocycles. The van der Waals surface area contributed by atoms with Gasteiger partial charge in [-0.3, -0.25) is 14.6 Å². The summed E-state index contributed by atoms with van der Waals surface area (Å²) in [6, 6.07) is 4.03. The number of pyridine rings is 1. The number of nitrogens with zero attached hydrogens (tertiary/aromatic N) is 1. The van der Waals surface area contributed by atoms with Gasteiger partial charge in [0.2, 0.25) is 15.8 Å². The number of anilines is 1. The van der Waals surface area contributed by atoms with Crippen LogP contribution in [0.2, 0.25) is 0 Å². The molecule has 1 fully saturated rings. The highest BCUT2D eigenvalue weighted by atomic mass is 32.2. The molecule has 13 heteroatoms. The van der Waals surface area contributed by atoms with E-state index in [2.05, 4.69) is 10.3 Å². The van der Waals surface area contributed by atoms with Crippen molar-refractivity contribution in [3.63, 3.8) is 0 Å². The summed E-state index contributed by atoms with van der Waals surface area (Å²) in [7, 11) is 0.994. The van der Waals surface area contributed by atoms with Crippen LogP contribution in [0, 0.1) is 11.6 Å². The third-order valence-electron chi connectivity index (χ3n) is 5.47. The lowest BCUT2D eigenvalue weighted by Crippen LogP contribution is -2.49. The molecule has 178 valence electrons. The molecule has 7 nitrogen and oxygen atoms in total. The van der Waals surface area contributed by atoms with Crippen molar-refractivity contribution in [3.8, 4) is 5.75 Å². The highest BCUT2D eigenvalue weighted by Gasteiger charge is 2.70. The number of primary amides is 1. The largest absolute Gasteiger partial charge is 0.615 e. The number of methoxy groups -OCH3 is 1. The van der Waals surface area contributed by atoms with Crippen LogP contribution < -0.4 is 15.8 Å². The number of benzene rings is 1. The standard InChI is InChI=1S/C20H18F5N3O4S/c1-19(20(23,24)25)8-11(10-3-4-12(21)14(22)15(10)32-2)16(33(19)31)18(30)28-9-5-6-27-13(7-9)17(26)29/h3-7,11,16H,8H2,1-2H3,(H2,26,29)(H,27,28,30)/t11-,16+,19+,33+/m0/s1. The molecule has 0 aliphatic carbocycles. The fourth-order valence-electron chi connectivity index (χ4n) is 3.72. The van der Waals surface area contributed by atoms with Crippen molar-refractivity contribution in [2.24, 2.45) is 5.73 Å². The van der Waals surface area contributed by atoms with E-state index in [1.54, 1.807) is 0 Å². The van der Waals surface area contributed by atoms with E-state index in [0.29, 0.717) is 13.0 Å². The van der Waals surface area contributed by atoms with Crippen molar-refractivity contribution in [3.05, 3.63) is 53.4 Å². The van der Waals surface area contributed by atoms with Gasteiger partial charge in [-0.2, -0.15) is 17.6 Å². The van der Waals surface area contributed by atoms with Gasteiger partial charge in [-0.25, -0.2) is 4.39 Å². The second kappa shape index (κ2) is 8.78. The Morgan fingerprint density at radius 2 is 1.97 bits per heavy atom. The maximum Gasteiger partial charge on any atom is 0.439 e. The van der Waals surface area contributed by atoms with Gasteiger partial charge in [-0.05, 0) is 36.3 Å². The molecule has 33 heavy (non-hydrogen) atoms. The van der Waals surface area contributed by atoms with Gasteiger partial charge >= 0.3 is 6.18 Å². The van der Waals surface area contributed by atoms with Crippen LogP contribution >= 0.6 is 0 Å². The van der Waals surface area contributed by atoms with E-state index in [-0.39, 0.29) is 16.9 Å². The van der Waals surface area contributed by atoms with Crippen LogP contribution in [0.3, 0.4) is 0 Å². The molecule has 2 amide bonds. The van der Waals surface area contributed by atoms with Gasteiger partial charge in [-0.1, -0.05) is 6.07 Å². The Bertz CT molecular complexity index is 1100. The van der Waals surface area contributed by atoms with Gasteiger partial charge in [0, 0.05) is 23.9 Å². The summed E-state index contributed by atoms with van der Waals surface area (Å²) in [5.41, 5.74) is 4.65. The third-order valence-corrected chi connectivity index (χ3v) is 7.76. The van der Waals surface area contributed by atoms with Crippen molar-refractivity contribution in [2.75, 3.05) is 12.4 Å². The molecule has 2 heterocycles. The normalized spacial score (nSPS) is 25.0. The lowest BCUT2D eigenvalue weighted by Gasteiger charge is -2.29. The fraction of sp³-hybridized carbons (Fsp3) is 0.350. The molecule has 1 aromatic carbocycles. The topological polar surface area (TPSA) is 117 Å². The molecule has 3 N–H and O–H groups in total. The highest BCUT2D eigenvalue weighted by molar-refractivity contribution is 7.94. The minimum absolute atomic E-state index is 0.0302. The van der Waals surface area contributed by atoms with Crippen LogP contribution in [-0.2, 0) is 16.0 Å². The summed E-state index contributed by atoms with van der Waals surface area (Å²) in [5.74, 6) is -6.85. The van der Waals surface area contributed by atoms with E-state index >= 15 is 0 Å². The number of hydrogen-bond acceptors (Lipinski definition) is 5. The molecule has 1 aromatic heterocycles. The van der Waals surface area contributed by atoms with Gasteiger partial charge in [0.05, 0.1) is 13.0 Å². The number of ether oxygens (including phenoxy) is 1. The van der Waals surface area contributed by atoms with Crippen LogP contribution in [-0.4, -0.2) is 44.6 Å². The number of nitrogens with one attached hydrogen (secondary N) is 1. The molecule has 0 spiro atoms. The summed E-state index contributed by atoms with van der Waals surface area (Å²) >= 11 is -2.82. The average Bonchev–Trinajstić information content (AvgIpc) is 3.02. The van der Waals surface area contributed by atoms with Gasteiger partial charge in [-0.15, -0.1) is 0 Å². The average molecular weight is 491 g/mol. The molecule has 0 bridgehead atoms. The van der Waals surface area contributed by atoms with E-state index in [1.807, 2.05) is 0 Å². The molecular weight excluding hydrogens is 473 g/mol. The van der Waals surface area contributed by atoms with Gasteiger partial charge in [0.25, 0.3) is 11.8 Å². The van der Waals surface area contributed by atoms with Crippen LogP contribution in [0.5, 0.6) is 5.75 Å². The molecule has 0 saturated carbocycles. The Balaban J connectivity index is 2.08. The van der Waals surface area contributed by atoms with Crippen molar-refractivity contribution in [1.82, 2.24) is 4.98 Å². The Morgan fingerprint density at radius 3 is 2.55 bits per heavy atom. The van der Waals surface area contributed by atoms with E-state index in [9.17, 15) is 36.1 Å². The summed E-state index contributed by atoms with van der Waals surface area (Å²) in [5, 5.41) is 0.501. The van der Waals surface area contributed by atoms with E-state index in [1.165, 1.54) is 6.07 Å². The van der Waals surface area contributed by atoms with Crippen molar-refractivity contribution < 1.29 is 40.8 Å². The Labute approximate surface area is 187 Å². The van der Waals surface area contributed by atoms with Crippen LogP contribution in [0.15, 0.2) is 30.5 Å². The summed E-state index contributed by atoms with van der Waals surface area (Å²) in [4.78, 5) is 28.0. The first-order valence-electron chi connectivity index (χ1n) is 9.38. The Kier molecular flexibility index (Phi) is 6.58. The second-order valence-electron chi connectivity index (χ2n) is 7.52. The van der Waals surface area contributed by atoms with Crippen LogP contribution in [0.1, 0.15) is 35.3 Å². The van der Waals surface area contributed by atoms with E-state index in [0.717, 1.165) is 25.4 Å². The molecule has 0 radical (unpaired) electrons. The van der Waals surface area contributed by atoms with Gasteiger partial charge in [0.15, 0.2) is 11.6 Å². The Hall–Kier alpha value is -2.93. The highest BCUT2D eigenvalue weighted by Crippen LogP contribution is 2.55. The minimum atomic E-state index is -4.97. The fourth-order valence-corrected chi connectivity index (χ4v) is 5.65. The maximum atomic E-state index is 14.3. The zero-order valence-corrected chi connectivity index (χ0v) is 18.0. The molecule has 2 aromatic rings. The van der Waals surface area contributed by atoms with Crippen molar-refractivity contribution in [1.29, 1.82) is 0 Å². The zero-order valence-electron chi connectivity index (χ0n) is 17.2. The van der Waals surface area contributed by atoms with Crippen molar-refractivity contribution >= 4 is 28.7 Å². The summed E-state index contributed by atoms with van der Waals surface area (Å²) in [6.07, 6.45) is -4.67. The van der Waals surface area contributed by atoms with Crippen LogP contribution in [0.25, 0.3) is 0 Å². The smallest absolute Gasteiger partial charge is 0.439 e. The molecule has 1 aliphatic heterocycles. The Morgan fingerprint density at radius 1 is 1.30 bits per heavy atom. The number of rotatable bonds is 5. The maximum absolute atomic E-state index is 14.3. The molecule has 0 unspecified atom stereocenters. The lowest BCUT2D eigenvalue weighted by molar-refractivity contribution is -0.157. The zero-order chi connectivity index (χ0) is 24.7. The number of nitrogens with two attached hydrogens (primary N) is 1. The number of aromatic nitrogens is 1. The first-order chi connectivity index (χ1) is 15.3. The number of alkyl halides is 3. The predicted molar refractivity (Wildman–Crippen MR) is 108 cm³/mol. The van der Waals surface area contributed by atoms with Crippen LogP contribution in [0.4, 0.5) is 27.6 Å². The van der Waals surface area contributed by atoms with Gasteiger partial charge in [0.1, 0.15) is 5.69 Å². The quantitative estimate of drug-likeness (QED) is 0.493. The first kappa shape index (κ1) is 24.7.